The van der Waals surface area contributed by atoms with Crippen LogP contribution in [0.3, 0.4) is 0 Å². The molecule has 1 aliphatic rings. The third kappa shape index (κ3) is 4.39. The molecule has 0 aromatic heterocycles. The van der Waals surface area contributed by atoms with Gasteiger partial charge in [-0.15, -0.1) is 0 Å². The second kappa shape index (κ2) is 8.45. The minimum absolute atomic E-state index is 0.102. The maximum atomic E-state index is 12.6. The fourth-order valence-electron chi connectivity index (χ4n) is 2.25. The van der Waals surface area contributed by atoms with E-state index in [0.29, 0.717) is 5.75 Å². The number of aliphatic carboxylic acids is 1. The van der Waals surface area contributed by atoms with Crippen LogP contribution in [0.1, 0.15) is 12.0 Å². The Labute approximate surface area is 157 Å². The maximum absolute atomic E-state index is 12.6. The summed E-state index contributed by atoms with van der Waals surface area (Å²) in [6.45, 7) is 0. The Balaban J connectivity index is 2.35. The van der Waals surface area contributed by atoms with Gasteiger partial charge >= 0.3 is 0 Å². The molecule has 132 valence electrons. The summed E-state index contributed by atoms with van der Waals surface area (Å²) in [6, 6.07) is 4.82. The molecule has 1 amide bonds. The minimum Gasteiger partial charge on any atom is -0.548 e. The number of thioether (sulfide) groups is 2. The SMILES string of the molecule is CSCC[C@H](C(=O)[O-])N1C(=O)/C(=C\c2ccccc2[N+](=O)[O-])SC1=S. The number of carbonyl (C=O) groups is 2. The number of thiocarbonyl (C=S) groups is 1. The molecule has 1 atom stereocenters. The lowest BCUT2D eigenvalue weighted by molar-refractivity contribution is -0.385. The molecule has 0 spiro atoms. The summed E-state index contributed by atoms with van der Waals surface area (Å²) >= 11 is 7.51. The monoisotopic (exact) mass is 397 g/mol. The van der Waals surface area contributed by atoms with Gasteiger partial charge in [-0.3, -0.25) is 19.8 Å². The van der Waals surface area contributed by atoms with Crippen molar-refractivity contribution in [3.63, 3.8) is 0 Å². The van der Waals surface area contributed by atoms with Crippen molar-refractivity contribution in [3.05, 3.63) is 44.8 Å². The Kier molecular flexibility index (Phi) is 6.57. The summed E-state index contributed by atoms with van der Waals surface area (Å²) in [5, 5.41) is 22.5. The predicted octanol–water partition coefficient (Wildman–Crippen LogP) is 1.67. The van der Waals surface area contributed by atoms with Crippen LogP contribution in [0, 0.1) is 10.1 Å². The average Bonchev–Trinajstić information content (AvgIpc) is 2.83. The second-order valence-electron chi connectivity index (χ2n) is 4.98. The molecule has 0 saturated carbocycles. The van der Waals surface area contributed by atoms with E-state index in [-0.39, 0.29) is 26.9 Å². The van der Waals surface area contributed by atoms with Crippen LogP contribution in [-0.2, 0) is 9.59 Å². The highest BCUT2D eigenvalue weighted by atomic mass is 32.2. The van der Waals surface area contributed by atoms with Crippen molar-refractivity contribution in [2.24, 2.45) is 0 Å². The first-order valence-corrected chi connectivity index (χ1v) is 9.69. The Morgan fingerprint density at radius 3 is 2.76 bits per heavy atom. The largest absolute Gasteiger partial charge is 0.548 e. The molecule has 0 aliphatic carbocycles. The van der Waals surface area contributed by atoms with Gasteiger partial charge in [-0.2, -0.15) is 11.8 Å². The molecule has 0 bridgehead atoms. The number of benzene rings is 1. The van der Waals surface area contributed by atoms with Gasteiger partial charge in [-0.25, -0.2) is 0 Å². The van der Waals surface area contributed by atoms with Crippen LogP contribution < -0.4 is 5.11 Å². The van der Waals surface area contributed by atoms with E-state index in [9.17, 15) is 24.8 Å². The number of amides is 1. The normalized spacial score (nSPS) is 17.2. The molecule has 1 saturated heterocycles. The van der Waals surface area contributed by atoms with Crippen LogP contribution in [0.5, 0.6) is 0 Å². The second-order valence-corrected chi connectivity index (χ2v) is 7.65. The molecule has 1 heterocycles. The van der Waals surface area contributed by atoms with Gasteiger partial charge in [0.25, 0.3) is 11.6 Å². The number of rotatable bonds is 7. The molecule has 2 rings (SSSR count). The van der Waals surface area contributed by atoms with E-state index >= 15 is 0 Å². The van der Waals surface area contributed by atoms with Crippen molar-refractivity contribution >= 4 is 63.7 Å². The number of carboxylic acid groups (broad SMARTS) is 1. The van der Waals surface area contributed by atoms with Crippen molar-refractivity contribution in [2.45, 2.75) is 12.5 Å². The van der Waals surface area contributed by atoms with E-state index in [1.165, 1.54) is 36.0 Å². The van der Waals surface area contributed by atoms with E-state index in [2.05, 4.69) is 0 Å². The third-order valence-electron chi connectivity index (χ3n) is 3.42. The number of hydrogen-bond donors (Lipinski definition) is 0. The molecular weight excluding hydrogens is 384 g/mol. The van der Waals surface area contributed by atoms with E-state index in [1.807, 2.05) is 6.26 Å². The number of carbonyl (C=O) groups excluding carboxylic acids is 2. The highest BCUT2D eigenvalue weighted by Gasteiger charge is 2.37. The van der Waals surface area contributed by atoms with Crippen molar-refractivity contribution in [2.75, 3.05) is 12.0 Å². The topological polar surface area (TPSA) is 104 Å². The van der Waals surface area contributed by atoms with E-state index in [4.69, 9.17) is 12.2 Å². The number of para-hydroxylation sites is 1. The van der Waals surface area contributed by atoms with Crippen molar-refractivity contribution in [1.29, 1.82) is 0 Å². The number of carboxylic acids is 1. The first-order chi connectivity index (χ1) is 11.9. The van der Waals surface area contributed by atoms with Gasteiger partial charge in [0.2, 0.25) is 0 Å². The Bertz CT molecular complexity index is 765. The molecule has 1 fully saturated rings. The molecule has 25 heavy (non-hydrogen) atoms. The Morgan fingerprint density at radius 2 is 2.16 bits per heavy atom. The molecule has 0 N–H and O–H groups in total. The molecule has 1 aromatic rings. The van der Waals surface area contributed by atoms with Gasteiger partial charge in [0.1, 0.15) is 4.32 Å². The third-order valence-corrected chi connectivity index (χ3v) is 5.40. The molecular formula is C15H13N2O5S3-. The summed E-state index contributed by atoms with van der Waals surface area (Å²) in [7, 11) is 0. The van der Waals surface area contributed by atoms with Crippen LogP contribution in [0.2, 0.25) is 0 Å². The number of nitro benzene ring substituents is 1. The van der Waals surface area contributed by atoms with Gasteiger partial charge in [0, 0.05) is 6.07 Å². The summed E-state index contributed by atoms with van der Waals surface area (Å²) in [6.07, 6.45) is 3.39. The first-order valence-electron chi connectivity index (χ1n) is 7.07. The number of nitrogens with zero attached hydrogens (tertiary/aromatic N) is 2. The van der Waals surface area contributed by atoms with Crippen molar-refractivity contribution in [3.8, 4) is 0 Å². The molecule has 10 heteroatoms. The van der Waals surface area contributed by atoms with Crippen molar-refractivity contribution in [1.82, 2.24) is 4.90 Å². The van der Waals surface area contributed by atoms with E-state index < -0.39 is 22.8 Å². The zero-order valence-electron chi connectivity index (χ0n) is 13.0. The van der Waals surface area contributed by atoms with Gasteiger partial charge < -0.3 is 9.90 Å². The maximum Gasteiger partial charge on any atom is 0.276 e. The van der Waals surface area contributed by atoms with Crippen LogP contribution in [-0.4, -0.2) is 44.1 Å². The van der Waals surface area contributed by atoms with Crippen LogP contribution in [0.15, 0.2) is 29.2 Å². The first kappa shape index (κ1) is 19.4. The fourth-order valence-corrected chi connectivity index (χ4v) is 4.05. The van der Waals surface area contributed by atoms with E-state index in [0.717, 1.165) is 16.7 Å². The van der Waals surface area contributed by atoms with E-state index in [1.54, 1.807) is 6.07 Å². The lowest BCUT2D eigenvalue weighted by atomic mass is 10.1. The fraction of sp³-hybridized carbons (Fsp3) is 0.267. The average molecular weight is 397 g/mol. The quantitative estimate of drug-likeness (QED) is 0.296. The zero-order valence-corrected chi connectivity index (χ0v) is 15.5. The minimum atomic E-state index is -1.38. The molecule has 7 nitrogen and oxygen atoms in total. The highest BCUT2D eigenvalue weighted by Crippen LogP contribution is 2.36. The summed E-state index contributed by atoms with van der Waals surface area (Å²) in [4.78, 5) is 35.7. The predicted molar refractivity (Wildman–Crippen MR) is 99.9 cm³/mol. The smallest absolute Gasteiger partial charge is 0.276 e. The Morgan fingerprint density at radius 1 is 1.48 bits per heavy atom. The lowest BCUT2D eigenvalue weighted by Crippen LogP contribution is -2.50. The molecule has 1 aliphatic heterocycles. The van der Waals surface area contributed by atoms with Crippen LogP contribution in [0.25, 0.3) is 6.08 Å². The van der Waals surface area contributed by atoms with Crippen molar-refractivity contribution < 1.29 is 19.6 Å². The number of nitro groups is 1. The van der Waals surface area contributed by atoms with Gasteiger partial charge in [-0.1, -0.05) is 36.1 Å². The number of hydrogen-bond acceptors (Lipinski definition) is 8. The highest BCUT2D eigenvalue weighted by molar-refractivity contribution is 8.26. The summed E-state index contributed by atoms with van der Waals surface area (Å²) in [5.41, 5.74) is 0.105. The standard InChI is InChI=1S/C15H14N2O5S3/c1-24-7-6-11(14(19)20)16-13(18)12(25-15(16)23)8-9-4-2-3-5-10(9)17(21)22/h2-5,8,11H,6-7H2,1H3,(H,19,20)/p-1/b12-8+/t11-/m1/s1. The summed E-state index contributed by atoms with van der Waals surface area (Å²) in [5.74, 6) is -1.43. The zero-order chi connectivity index (χ0) is 18.6. The van der Waals surface area contributed by atoms with Crippen LogP contribution >= 0.6 is 35.7 Å². The lowest BCUT2D eigenvalue weighted by Gasteiger charge is -2.27. The van der Waals surface area contributed by atoms with Gasteiger partial charge in [-0.05, 0) is 30.6 Å². The van der Waals surface area contributed by atoms with Gasteiger partial charge in [0.05, 0.1) is 27.4 Å². The molecule has 1 aromatic carbocycles. The van der Waals surface area contributed by atoms with Gasteiger partial charge in [0.15, 0.2) is 0 Å². The van der Waals surface area contributed by atoms with Crippen LogP contribution in [0.4, 0.5) is 5.69 Å². The molecule has 0 unspecified atom stereocenters. The summed E-state index contributed by atoms with van der Waals surface area (Å²) < 4.78 is 0.102. The Hall–Kier alpha value is -1.91. The molecule has 0 radical (unpaired) electrons.